The van der Waals surface area contributed by atoms with Crippen molar-refractivity contribution in [3.05, 3.63) is 35.1 Å². The molecule has 2 N–H and O–H groups in total. The predicted molar refractivity (Wildman–Crippen MR) is 78.5 cm³/mol. The molecule has 2 rings (SSSR count). The number of nitrogens with two attached hydrogens (primary N) is 1. The van der Waals surface area contributed by atoms with Gasteiger partial charge in [-0.15, -0.1) is 0 Å². The minimum absolute atomic E-state index is 0.274. The molecule has 1 aromatic carbocycles. The van der Waals surface area contributed by atoms with Gasteiger partial charge in [0, 0.05) is 5.56 Å². The Bertz CT molecular complexity index is 503. The van der Waals surface area contributed by atoms with Crippen molar-refractivity contribution in [2.45, 2.75) is 45.3 Å². The molecule has 1 saturated carbocycles. The van der Waals surface area contributed by atoms with E-state index in [0.717, 1.165) is 24.3 Å². The zero-order valence-electron chi connectivity index (χ0n) is 12.0. The average molecular weight is 275 g/mol. The molecule has 2 unspecified atom stereocenters. The molecule has 1 aromatic rings. The third kappa shape index (κ3) is 4.63. The summed E-state index contributed by atoms with van der Waals surface area (Å²) in [7, 11) is 0. The van der Waals surface area contributed by atoms with Gasteiger partial charge in [0.05, 0.1) is 19.3 Å². The lowest BCUT2D eigenvalue weighted by molar-refractivity contribution is 0.00457. The van der Waals surface area contributed by atoms with Crippen LogP contribution in [0.4, 0.5) is 4.39 Å². The molecule has 0 saturated heterocycles. The second kappa shape index (κ2) is 7.42. The van der Waals surface area contributed by atoms with Crippen LogP contribution in [0.1, 0.15) is 43.7 Å². The molecule has 2 nitrogen and oxygen atoms in total. The van der Waals surface area contributed by atoms with E-state index < -0.39 is 0 Å². The van der Waals surface area contributed by atoms with Crippen LogP contribution in [-0.4, -0.2) is 12.6 Å². The van der Waals surface area contributed by atoms with E-state index in [-0.39, 0.29) is 12.4 Å². The SMILES string of the molecule is CC1CCCC(OCc2cc(F)cc(C#CCN)c2)C1. The summed E-state index contributed by atoms with van der Waals surface area (Å²) in [4.78, 5) is 0. The first-order valence-corrected chi connectivity index (χ1v) is 7.27. The van der Waals surface area contributed by atoms with E-state index in [4.69, 9.17) is 10.5 Å². The van der Waals surface area contributed by atoms with Gasteiger partial charge in [0.2, 0.25) is 0 Å². The zero-order chi connectivity index (χ0) is 14.4. The standard InChI is InChI=1S/C17H22FNO/c1-13-4-2-6-17(8-13)20-12-15-9-14(5-3-7-19)10-16(18)11-15/h9-11,13,17H,2,4,6-8,12,19H2,1H3. The molecule has 1 aliphatic carbocycles. The van der Waals surface area contributed by atoms with Crippen LogP contribution in [0, 0.1) is 23.6 Å². The predicted octanol–water partition coefficient (Wildman–Crippen LogP) is 3.23. The lowest BCUT2D eigenvalue weighted by Crippen LogP contribution is -2.21. The summed E-state index contributed by atoms with van der Waals surface area (Å²) < 4.78 is 19.4. The maximum atomic E-state index is 13.5. The highest BCUT2D eigenvalue weighted by atomic mass is 19.1. The second-order valence-corrected chi connectivity index (χ2v) is 5.56. The van der Waals surface area contributed by atoms with Crippen molar-refractivity contribution in [1.82, 2.24) is 0 Å². The number of benzene rings is 1. The molecule has 0 amide bonds. The fourth-order valence-electron chi connectivity index (χ4n) is 2.70. The molecule has 20 heavy (non-hydrogen) atoms. The average Bonchev–Trinajstić information content (AvgIpc) is 2.42. The molecule has 0 bridgehead atoms. The van der Waals surface area contributed by atoms with Crippen molar-refractivity contribution in [2.24, 2.45) is 11.7 Å². The Kier molecular flexibility index (Phi) is 5.58. The molecule has 0 aromatic heterocycles. The molecule has 0 aliphatic heterocycles. The monoisotopic (exact) mass is 275 g/mol. The van der Waals surface area contributed by atoms with Crippen LogP contribution in [0.25, 0.3) is 0 Å². The van der Waals surface area contributed by atoms with Gasteiger partial charge >= 0.3 is 0 Å². The van der Waals surface area contributed by atoms with Gasteiger partial charge in [-0.05, 0) is 42.5 Å². The summed E-state index contributed by atoms with van der Waals surface area (Å²) in [6.45, 7) is 2.99. The van der Waals surface area contributed by atoms with Gasteiger partial charge in [0.25, 0.3) is 0 Å². The highest BCUT2D eigenvalue weighted by molar-refractivity contribution is 5.37. The molecular weight excluding hydrogens is 253 g/mol. The lowest BCUT2D eigenvalue weighted by Gasteiger charge is -2.26. The van der Waals surface area contributed by atoms with Crippen molar-refractivity contribution >= 4 is 0 Å². The summed E-state index contributed by atoms with van der Waals surface area (Å²) in [5, 5.41) is 0. The molecule has 0 heterocycles. The quantitative estimate of drug-likeness (QED) is 0.860. The Morgan fingerprint density at radius 1 is 1.35 bits per heavy atom. The Balaban J connectivity index is 1.96. The molecule has 2 atom stereocenters. The van der Waals surface area contributed by atoms with Crippen molar-refractivity contribution in [3.8, 4) is 11.8 Å². The number of hydrogen-bond acceptors (Lipinski definition) is 2. The van der Waals surface area contributed by atoms with E-state index in [1.165, 1.54) is 25.0 Å². The minimum Gasteiger partial charge on any atom is -0.374 e. The van der Waals surface area contributed by atoms with Crippen LogP contribution in [0.3, 0.4) is 0 Å². The van der Waals surface area contributed by atoms with Crippen LogP contribution in [0.15, 0.2) is 18.2 Å². The molecule has 1 aliphatic rings. The smallest absolute Gasteiger partial charge is 0.124 e. The Morgan fingerprint density at radius 3 is 2.95 bits per heavy atom. The Labute approximate surface area is 120 Å². The van der Waals surface area contributed by atoms with Crippen molar-refractivity contribution < 1.29 is 9.13 Å². The molecule has 3 heteroatoms. The summed E-state index contributed by atoms with van der Waals surface area (Å²) in [6, 6.07) is 4.81. The molecule has 108 valence electrons. The van der Waals surface area contributed by atoms with E-state index in [9.17, 15) is 4.39 Å². The van der Waals surface area contributed by atoms with Crippen LogP contribution < -0.4 is 5.73 Å². The van der Waals surface area contributed by atoms with Gasteiger partial charge in [-0.1, -0.05) is 31.6 Å². The third-order valence-electron chi connectivity index (χ3n) is 3.67. The van der Waals surface area contributed by atoms with Gasteiger partial charge in [-0.3, -0.25) is 0 Å². The zero-order valence-corrected chi connectivity index (χ0v) is 12.0. The van der Waals surface area contributed by atoms with Crippen molar-refractivity contribution in [2.75, 3.05) is 6.54 Å². The van der Waals surface area contributed by atoms with Crippen LogP contribution in [-0.2, 0) is 11.3 Å². The fourth-order valence-corrected chi connectivity index (χ4v) is 2.70. The molecule has 1 fully saturated rings. The first-order chi connectivity index (χ1) is 9.67. The number of halogens is 1. The number of hydrogen-bond donors (Lipinski definition) is 1. The van der Waals surface area contributed by atoms with Crippen molar-refractivity contribution in [3.63, 3.8) is 0 Å². The number of ether oxygens (including phenoxy) is 1. The third-order valence-corrected chi connectivity index (χ3v) is 3.67. The highest BCUT2D eigenvalue weighted by Gasteiger charge is 2.19. The summed E-state index contributed by atoms with van der Waals surface area (Å²) in [5.41, 5.74) is 6.83. The topological polar surface area (TPSA) is 35.2 Å². The highest BCUT2D eigenvalue weighted by Crippen LogP contribution is 2.26. The van der Waals surface area contributed by atoms with Gasteiger partial charge in [0.1, 0.15) is 5.82 Å². The summed E-state index contributed by atoms with van der Waals surface area (Å²) in [5.74, 6) is 6.06. The van der Waals surface area contributed by atoms with E-state index >= 15 is 0 Å². The number of rotatable bonds is 3. The van der Waals surface area contributed by atoms with E-state index in [1.54, 1.807) is 0 Å². The van der Waals surface area contributed by atoms with Crippen LogP contribution in [0.5, 0.6) is 0 Å². The van der Waals surface area contributed by atoms with Gasteiger partial charge < -0.3 is 10.5 Å². The molecular formula is C17H22FNO. The van der Waals surface area contributed by atoms with Crippen LogP contribution in [0.2, 0.25) is 0 Å². The van der Waals surface area contributed by atoms with Gasteiger partial charge in [-0.2, -0.15) is 0 Å². The largest absolute Gasteiger partial charge is 0.374 e. The Hall–Kier alpha value is -1.37. The van der Waals surface area contributed by atoms with Crippen LogP contribution >= 0.6 is 0 Å². The normalized spacial score (nSPS) is 22.1. The van der Waals surface area contributed by atoms with E-state index in [2.05, 4.69) is 18.8 Å². The molecule has 0 spiro atoms. The summed E-state index contributed by atoms with van der Waals surface area (Å²) >= 11 is 0. The van der Waals surface area contributed by atoms with E-state index in [0.29, 0.717) is 18.3 Å². The first kappa shape index (κ1) is 15.0. The van der Waals surface area contributed by atoms with Crippen molar-refractivity contribution in [1.29, 1.82) is 0 Å². The van der Waals surface area contributed by atoms with Gasteiger partial charge in [-0.25, -0.2) is 4.39 Å². The fraction of sp³-hybridized carbons (Fsp3) is 0.529. The Morgan fingerprint density at radius 2 is 2.20 bits per heavy atom. The summed E-state index contributed by atoms with van der Waals surface area (Å²) in [6.07, 6.45) is 5.04. The first-order valence-electron chi connectivity index (χ1n) is 7.27. The maximum Gasteiger partial charge on any atom is 0.124 e. The second-order valence-electron chi connectivity index (χ2n) is 5.56. The maximum absolute atomic E-state index is 13.5. The lowest BCUT2D eigenvalue weighted by atomic mass is 9.89. The van der Waals surface area contributed by atoms with Gasteiger partial charge in [0.15, 0.2) is 0 Å². The van der Waals surface area contributed by atoms with E-state index in [1.807, 2.05) is 6.07 Å². The minimum atomic E-state index is -0.274. The molecule has 0 radical (unpaired) electrons.